The van der Waals surface area contributed by atoms with Crippen molar-refractivity contribution in [2.75, 3.05) is 0 Å². The third-order valence-corrected chi connectivity index (χ3v) is 3.77. The van der Waals surface area contributed by atoms with E-state index in [0.29, 0.717) is 18.1 Å². The summed E-state index contributed by atoms with van der Waals surface area (Å²) < 4.78 is 1.55. The molecule has 0 fully saturated rings. The quantitative estimate of drug-likeness (QED) is 0.635. The van der Waals surface area contributed by atoms with Gasteiger partial charge in [-0.1, -0.05) is 25.6 Å². The number of thioether (sulfide) groups is 1. The molecule has 0 aromatic carbocycles. The second kappa shape index (κ2) is 6.25. The zero-order chi connectivity index (χ0) is 14.6. The fraction of sp³-hybridized carbons (Fsp3) is 0.727. The lowest BCUT2D eigenvalue weighted by Crippen LogP contribution is -2.46. The van der Waals surface area contributed by atoms with Crippen LogP contribution in [0.25, 0.3) is 0 Å². The Kier molecular flexibility index (Phi) is 5.19. The van der Waals surface area contributed by atoms with Gasteiger partial charge in [0.2, 0.25) is 0 Å². The van der Waals surface area contributed by atoms with Crippen LogP contribution in [0, 0.1) is 0 Å². The number of nitrogens with one attached hydrogen (secondary N) is 1. The molecule has 7 nitrogen and oxygen atoms in total. The highest BCUT2D eigenvalue weighted by Gasteiger charge is 2.30. The molecule has 0 bridgehead atoms. The molecule has 0 aliphatic rings. The molecule has 0 saturated heterocycles. The Balaban J connectivity index is 2.75. The number of H-pyrrole nitrogens is 1. The van der Waals surface area contributed by atoms with Gasteiger partial charge in [0.1, 0.15) is 5.54 Å². The molecule has 19 heavy (non-hydrogen) atoms. The Morgan fingerprint density at radius 1 is 1.68 bits per heavy atom. The van der Waals surface area contributed by atoms with Crippen molar-refractivity contribution in [1.82, 2.24) is 14.8 Å². The average Bonchev–Trinajstić information content (AvgIpc) is 2.61. The highest BCUT2D eigenvalue weighted by Crippen LogP contribution is 2.26. The van der Waals surface area contributed by atoms with Gasteiger partial charge in [0, 0.05) is 11.8 Å². The first-order valence-corrected chi connectivity index (χ1v) is 7.00. The summed E-state index contributed by atoms with van der Waals surface area (Å²) in [6, 6.07) is 0. The van der Waals surface area contributed by atoms with Crippen LogP contribution in [-0.2, 0) is 11.3 Å². The van der Waals surface area contributed by atoms with E-state index >= 15 is 0 Å². The molecule has 1 aromatic rings. The van der Waals surface area contributed by atoms with E-state index in [4.69, 9.17) is 10.8 Å². The van der Waals surface area contributed by atoms with E-state index < -0.39 is 11.5 Å². The first-order valence-electron chi connectivity index (χ1n) is 6.12. The number of aliphatic carboxylic acids is 1. The Hall–Kier alpha value is -1.28. The van der Waals surface area contributed by atoms with Crippen LogP contribution in [0.1, 0.15) is 33.6 Å². The summed E-state index contributed by atoms with van der Waals surface area (Å²) in [7, 11) is 0. The molecule has 2 atom stereocenters. The summed E-state index contributed by atoms with van der Waals surface area (Å²) in [5, 5.41) is 15.9. The van der Waals surface area contributed by atoms with Crippen LogP contribution in [0.4, 0.5) is 0 Å². The summed E-state index contributed by atoms with van der Waals surface area (Å²) in [5.41, 5.74) is 4.18. The fourth-order valence-electron chi connectivity index (χ4n) is 1.72. The lowest BCUT2D eigenvalue weighted by atomic mass is 9.98. The number of hydrogen-bond donors (Lipinski definition) is 3. The number of carboxylic acid groups (broad SMARTS) is 1. The van der Waals surface area contributed by atoms with Gasteiger partial charge in [-0.05, 0) is 19.8 Å². The topological polar surface area (TPSA) is 114 Å². The second-order valence-electron chi connectivity index (χ2n) is 4.82. The maximum Gasteiger partial charge on any atom is 0.343 e. The number of carbonyl (C=O) groups is 1. The zero-order valence-electron chi connectivity index (χ0n) is 11.3. The van der Waals surface area contributed by atoms with Crippen LogP contribution < -0.4 is 11.4 Å². The molecule has 2 unspecified atom stereocenters. The van der Waals surface area contributed by atoms with Gasteiger partial charge in [0.25, 0.3) is 0 Å². The van der Waals surface area contributed by atoms with Gasteiger partial charge in [0.15, 0.2) is 5.16 Å². The molecule has 1 heterocycles. The zero-order valence-corrected chi connectivity index (χ0v) is 12.2. The molecule has 108 valence electrons. The van der Waals surface area contributed by atoms with Gasteiger partial charge in [-0.3, -0.25) is 9.36 Å². The maximum atomic E-state index is 11.5. The summed E-state index contributed by atoms with van der Waals surface area (Å²) in [6.45, 7) is 5.91. The number of nitrogens with two attached hydrogens (primary N) is 1. The maximum absolute atomic E-state index is 11.5. The van der Waals surface area contributed by atoms with E-state index in [2.05, 4.69) is 10.2 Å². The monoisotopic (exact) mass is 288 g/mol. The molecule has 8 heteroatoms. The van der Waals surface area contributed by atoms with E-state index in [-0.39, 0.29) is 10.9 Å². The third-order valence-electron chi connectivity index (χ3n) is 2.68. The molecule has 0 spiro atoms. The van der Waals surface area contributed by atoms with E-state index in [0.717, 1.165) is 6.42 Å². The second-order valence-corrected chi connectivity index (χ2v) is 6.22. The standard InChI is InChI=1S/C11H20N4O3S/c1-4-5-15-9(18)13-14-10(15)19-7(2)6-11(3,12)8(16)17/h7H,4-6,12H2,1-3H3,(H,13,18)(H,16,17). The molecular weight excluding hydrogens is 268 g/mol. The largest absolute Gasteiger partial charge is 0.480 e. The predicted molar refractivity (Wildman–Crippen MR) is 73.3 cm³/mol. The van der Waals surface area contributed by atoms with Gasteiger partial charge in [-0.15, -0.1) is 5.10 Å². The predicted octanol–water partition coefficient (Wildman–Crippen LogP) is 0.654. The minimum atomic E-state index is -1.28. The molecule has 1 rings (SSSR count). The highest BCUT2D eigenvalue weighted by molar-refractivity contribution is 7.99. The van der Waals surface area contributed by atoms with Crippen LogP contribution in [0.3, 0.4) is 0 Å². The van der Waals surface area contributed by atoms with Crippen molar-refractivity contribution >= 4 is 17.7 Å². The summed E-state index contributed by atoms with van der Waals surface area (Å²) in [4.78, 5) is 22.5. The minimum absolute atomic E-state index is 0.0584. The van der Waals surface area contributed by atoms with Gasteiger partial charge in [0.05, 0.1) is 0 Å². The van der Waals surface area contributed by atoms with Crippen molar-refractivity contribution in [2.45, 2.75) is 56.1 Å². The van der Waals surface area contributed by atoms with E-state index in [1.165, 1.54) is 18.7 Å². The lowest BCUT2D eigenvalue weighted by molar-refractivity contribution is -0.142. The normalized spacial score (nSPS) is 16.0. The summed E-state index contributed by atoms with van der Waals surface area (Å²) >= 11 is 1.35. The van der Waals surface area contributed by atoms with Crippen LogP contribution in [0.5, 0.6) is 0 Å². The first kappa shape index (κ1) is 15.8. The first-order chi connectivity index (χ1) is 8.77. The molecule has 0 radical (unpaired) electrons. The van der Waals surface area contributed by atoms with Crippen molar-refractivity contribution in [1.29, 1.82) is 0 Å². The van der Waals surface area contributed by atoms with Crippen molar-refractivity contribution in [2.24, 2.45) is 5.73 Å². The Morgan fingerprint density at radius 3 is 2.84 bits per heavy atom. The minimum Gasteiger partial charge on any atom is -0.480 e. The van der Waals surface area contributed by atoms with Crippen LogP contribution in [-0.4, -0.2) is 36.6 Å². The Morgan fingerprint density at radius 2 is 2.32 bits per heavy atom. The van der Waals surface area contributed by atoms with Gasteiger partial charge in [-0.25, -0.2) is 9.89 Å². The fourth-order valence-corrected chi connectivity index (χ4v) is 2.91. The Bertz CT molecular complexity index is 494. The van der Waals surface area contributed by atoms with E-state index in [1.54, 1.807) is 4.57 Å². The smallest absolute Gasteiger partial charge is 0.343 e. The number of rotatable bonds is 7. The van der Waals surface area contributed by atoms with E-state index in [9.17, 15) is 9.59 Å². The summed E-state index contributed by atoms with van der Waals surface area (Å²) in [5.74, 6) is -1.03. The van der Waals surface area contributed by atoms with Crippen LogP contribution in [0.15, 0.2) is 9.95 Å². The Labute approximate surface area is 115 Å². The van der Waals surface area contributed by atoms with Crippen LogP contribution in [0.2, 0.25) is 0 Å². The molecular formula is C11H20N4O3S. The lowest BCUT2D eigenvalue weighted by Gasteiger charge is -2.22. The van der Waals surface area contributed by atoms with Crippen molar-refractivity contribution in [3.05, 3.63) is 10.5 Å². The van der Waals surface area contributed by atoms with Crippen molar-refractivity contribution in [3.63, 3.8) is 0 Å². The SMILES string of the molecule is CCCn1c(SC(C)CC(C)(N)C(=O)O)n[nH]c1=O. The van der Waals surface area contributed by atoms with Gasteiger partial charge in [-0.2, -0.15) is 0 Å². The van der Waals surface area contributed by atoms with Crippen molar-refractivity contribution in [3.8, 4) is 0 Å². The molecule has 0 aliphatic carbocycles. The number of nitrogens with zero attached hydrogens (tertiary/aromatic N) is 2. The number of hydrogen-bond acceptors (Lipinski definition) is 5. The van der Waals surface area contributed by atoms with Gasteiger partial charge < -0.3 is 10.8 Å². The number of aromatic nitrogens is 3. The summed E-state index contributed by atoms with van der Waals surface area (Å²) in [6.07, 6.45) is 1.12. The molecule has 0 aliphatic heterocycles. The molecule has 4 N–H and O–H groups in total. The molecule has 0 saturated carbocycles. The molecule has 0 amide bonds. The molecule has 1 aromatic heterocycles. The highest BCUT2D eigenvalue weighted by atomic mass is 32.2. The van der Waals surface area contributed by atoms with Crippen molar-refractivity contribution < 1.29 is 9.90 Å². The van der Waals surface area contributed by atoms with E-state index in [1.807, 2.05) is 13.8 Å². The number of aromatic amines is 1. The third kappa shape index (κ3) is 4.10. The number of carboxylic acids is 1. The average molecular weight is 288 g/mol. The van der Waals surface area contributed by atoms with Crippen LogP contribution >= 0.6 is 11.8 Å². The van der Waals surface area contributed by atoms with Gasteiger partial charge >= 0.3 is 11.7 Å².